The molecule has 0 rings (SSSR count). The third-order valence-corrected chi connectivity index (χ3v) is 2.91. The zero-order valence-electron chi connectivity index (χ0n) is 9.59. The summed E-state index contributed by atoms with van der Waals surface area (Å²) in [6, 6.07) is 0. The molecule has 2 nitrogen and oxygen atoms in total. The fraction of sp³-hybridized carbons (Fsp3) is 0.909. The molecule has 0 aliphatic heterocycles. The zero-order chi connectivity index (χ0) is 10.8. The molecule has 0 spiro atoms. The number of carbonyl (C=O) groups is 1. The Morgan fingerprint density at radius 1 is 1.15 bits per heavy atom. The van der Waals surface area contributed by atoms with Crippen molar-refractivity contribution in [1.29, 1.82) is 0 Å². The van der Waals surface area contributed by atoms with Crippen LogP contribution in [0.2, 0.25) is 0 Å². The van der Waals surface area contributed by atoms with Gasteiger partial charge in [0.15, 0.2) is 0 Å². The molecule has 0 aliphatic rings. The van der Waals surface area contributed by atoms with Gasteiger partial charge in [0.25, 0.3) is 0 Å². The van der Waals surface area contributed by atoms with Crippen LogP contribution >= 0.6 is 0 Å². The van der Waals surface area contributed by atoms with Gasteiger partial charge in [0.1, 0.15) is 0 Å². The normalized spacial score (nSPS) is 17.2. The SMILES string of the molecule is CC(C)C(C(=O)O)C(C)C(C)(C)C. The summed E-state index contributed by atoms with van der Waals surface area (Å²) in [7, 11) is 0. The second-order valence-electron chi connectivity index (χ2n) is 5.26. The highest BCUT2D eigenvalue weighted by molar-refractivity contribution is 5.70. The standard InChI is InChI=1S/C11H22O2/c1-7(2)9(10(12)13)8(3)11(4,5)6/h7-9H,1-6H3,(H,12,13). The highest BCUT2D eigenvalue weighted by Gasteiger charge is 2.34. The first kappa shape index (κ1) is 12.5. The van der Waals surface area contributed by atoms with E-state index in [-0.39, 0.29) is 23.2 Å². The van der Waals surface area contributed by atoms with Gasteiger partial charge in [-0.1, -0.05) is 41.5 Å². The zero-order valence-corrected chi connectivity index (χ0v) is 9.59. The van der Waals surface area contributed by atoms with Gasteiger partial charge in [0.2, 0.25) is 0 Å². The Hall–Kier alpha value is -0.530. The summed E-state index contributed by atoms with van der Waals surface area (Å²) in [5, 5.41) is 9.08. The molecule has 0 fully saturated rings. The predicted molar refractivity (Wildman–Crippen MR) is 54.6 cm³/mol. The van der Waals surface area contributed by atoms with E-state index in [1.54, 1.807) is 0 Å². The Morgan fingerprint density at radius 2 is 1.54 bits per heavy atom. The number of carboxylic acids is 1. The smallest absolute Gasteiger partial charge is 0.307 e. The second-order valence-corrected chi connectivity index (χ2v) is 5.26. The fourth-order valence-electron chi connectivity index (χ4n) is 1.62. The lowest BCUT2D eigenvalue weighted by molar-refractivity contribution is -0.147. The van der Waals surface area contributed by atoms with Gasteiger partial charge >= 0.3 is 5.97 Å². The maximum atomic E-state index is 11.0. The highest BCUT2D eigenvalue weighted by Crippen LogP contribution is 2.35. The quantitative estimate of drug-likeness (QED) is 0.735. The summed E-state index contributed by atoms with van der Waals surface area (Å²) in [6.45, 7) is 12.3. The average molecular weight is 186 g/mol. The first-order valence-corrected chi connectivity index (χ1v) is 4.90. The Labute approximate surface area is 81.3 Å². The molecule has 0 saturated heterocycles. The summed E-state index contributed by atoms with van der Waals surface area (Å²) in [4.78, 5) is 11.0. The van der Waals surface area contributed by atoms with Gasteiger partial charge in [0.05, 0.1) is 5.92 Å². The Bertz CT molecular complexity index is 177. The monoisotopic (exact) mass is 186 g/mol. The van der Waals surface area contributed by atoms with Gasteiger partial charge in [0, 0.05) is 0 Å². The van der Waals surface area contributed by atoms with Crippen molar-refractivity contribution in [1.82, 2.24) is 0 Å². The van der Waals surface area contributed by atoms with Crippen LogP contribution in [0.4, 0.5) is 0 Å². The van der Waals surface area contributed by atoms with Crippen molar-refractivity contribution < 1.29 is 9.90 Å². The van der Waals surface area contributed by atoms with E-state index in [1.807, 2.05) is 20.8 Å². The molecule has 0 aromatic carbocycles. The summed E-state index contributed by atoms with van der Waals surface area (Å²) in [6.07, 6.45) is 0. The molecule has 2 atom stereocenters. The topological polar surface area (TPSA) is 37.3 Å². The number of hydrogen-bond acceptors (Lipinski definition) is 1. The van der Waals surface area contributed by atoms with Crippen molar-refractivity contribution in [3.05, 3.63) is 0 Å². The lowest BCUT2D eigenvalue weighted by Crippen LogP contribution is -2.34. The number of carboxylic acid groups (broad SMARTS) is 1. The van der Waals surface area contributed by atoms with E-state index >= 15 is 0 Å². The van der Waals surface area contributed by atoms with Crippen molar-refractivity contribution in [2.24, 2.45) is 23.2 Å². The van der Waals surface area contributed by atoms with Crippen molar-refractivity contribution in [2.75, 3.05) is 0 Å². The van der Waals surface area contributed by atoms with Gasteiger partial charge < -0.3 is 5.11 Å². The first-order valence-electron chi connectivity index (χ1n) is 4.90. The van der Waals surface area contributed by atoms with E-state index in [9.17, 15) is 4.79 Å². The summed E-state index contributed by atoms with van der Waals surface area (Å²) in [5.41, 5.74) is 0.0628. The lowest BCUT2D eigenvalue weighted by Gasteiger charge is -2.34. The largest absolute Gasteiger partial charge is 0.481 e. The average Bonchev–Trinajstić information content (AvgIpc) is 1.82. The summed E-state index contributed by atoms with van der Waals surface area (Å²) < 4.78 is 0. The number of aliphatic carboxylic acids is 1. The molecule has 0 aromatic heterocycles. The van der Waals surface area contributed by atoms with Gasteiger partial charge in [-0.15, -0.1) is 0 Å². The second kappa shape index (κ2) is 4.12. The minimum atomic E-state index is -0.669. The van der Waals surface area contributed by atoms with Crippen LogP contribution in [0.15, 0.2) is 0 Å². The molecule has 2 unspecified atom stereocenters. The molecular formula is C11H22O2. The van der Waals surface area contributed by atoms with Crippen molar-refractivity contribution in [3.63, 3.8) is 0 Å². The Morgan fingerprint density at radius 3 is 1.62 bits per heavy atom. The van der Waals surface area contributed by atoms with Gasteiger partial charge in [-0.25, -0.2) is 0 Å². The molecule has 0 aromatic rings. The maximum absolute atomic E-state index is 11.0. The third kappa shape index (κ3) is 3.37. The Balaban J connectivity index is 4.67. The van der Waals surface area contributed by atoms with E-state index < -0.39 is 5.97 Å². The van der Waals surface area contributed by atoms with E-state index in [0.717, 1.165) is 0 Å². The molecule has 0 heterocycles. The van der Waals surface area contributed by atoms with E-state index in [2.05, 4.69) is 20.8 Å². The van der Waals surface area contributed by atoms with Gasteiger partial charge in [-0.3, -0.25) is 4.79 Å². The van der Waals surface area contributed by atoms with Crippen LogP contribution < -0.4 is 0 Å². The van der Waals surface area contributed by atoms with Crippen LogP contribution in [0.5, 0.6) is 0 Å². The maximum Gasteiger partial charge on any atom is 0.307 e. The van der Waals surface area contributed by atoms with E-state index in [0.29, 0.717) is 0 Å². The van der Waals surface area contributed by atoms with Crippen molar-refractivity contribution in [3.8, 4) is 0 Å². The molecule has 0 aliphatic carbocycles. The molecule has 2 heteroatoms. The van der Waals surface area contributed by atoms with E-state index in [4.69, 9.17) is 5.11 Å². The van der Waals surface area contributed by atoms with Crippen molar-refractivity contribution in [2.45, 2.75) is 41.5 Å². The van der Waals surface area contributed by atoms with Crippen LogP contribution in [0.3, 0.4) is 0 Å². The van der Waals surface area contributed by atoms with Crippen LogP contribution in [-0.4, -0.2) is 11.1 Å². The molecule has 1 N–H and O–H groups in total. The molecule has 0 amide bonds. The minimum Gasteiger partial charge on any atom is -0.481 e. The molecule has 0 saturated carbocycles. The Kier molecular flexibility index (Phi) is 3.95. The highest BCUT2D eigenvalue weighted by atomic mass is 16.4. The van der Waals surface area contributed by atoms with Gasteiger partial charge in [-0.2, -0.15) is 0 Å². The number of hydrogen-bond donors (Lipinski definition) is 1. The molecule has 0 bridgehead atoms. The van der Waals surface area contributed by atoms with Crippen molar-refractivity contribution >= 4 is 5.97 Å². The molecule has 13 heavy (non-hydrogen) atoms. The lowest BCUT2D eigenvalue weighted by atomic mass is 9.70. The van der Waals surface area contributed by atoms with Crippen LogP contribution in [0.1, 0.15) is 41.5 Å². The third-order valence-electron chi connectivity index (χ3n) is 2.91. The molecular weight excluding hydrogens is 164 g/mol. The van der Waals surface area contributed by atoms with Gasteiger partial charge in [-0.05, 0) is 17.3 Å². The minimum absolute atomic E-state index is 0.0628. The van der Waals surface area contributed by atoms with Crippen LogP contribution in [-0.2, 0) is 4.79 Å². The molecule has 78 valence electrons. The summed E-state index contributed by atoms with van der Waals surface area (Å²) in [5.74, 6) is -0.505. The number of rotatable bonds is 3. The molecule has 0 radical (unpaired) electrons. The summed E-state index contributed by atoms with van der Waals surface area (Å²) >= 11 is 0. The first-order chi connectivity index (χ1) is 5.68. The van der Waals surface area contributed by atoms with E-state index in [1.165, 1.54) is 0 Å². The fourth-order valence-corrected chi connectivity index (χ4v) is 1.62. The predicted octanol–water partition coefficient (Wildman–Crippen LogP) is 3.03. The van der Waals surface area contributed by atoms with Crippen LogP contribution in [0, 0.1) is 23.2 Å². The van der Waals surface area contributed by atoms with Crippen LogP contribution in [0.25, 0.3) is 0 Å².